The minimum absolute atomic E-state index is 0.0343. The average Bonchev–Trinajstić information content (AvgIpc) is 2.92. The minimum Gasteiger partial charge on any atom is -0.493 e. The minimum atomic E-state index is -0.187. The predicted molar refractivity (Wildman–Crippen MR) is 83.4 cm³/mol. The second-order valence-corrected chi connectivity index (χ2v) is 5.56. The van der Waals surface area contributed by atoms with Crippen molar-refractivity contribution in [1.82, 2.24) is 15.1 Å². The van der Waals surface area contributed by atoms with Gasteiger partial charge in [0.1, 0.15) is 5.82 Å². The summed E-state index contributed by atoms with van der Waals surface area (Å²) in [5.74, 6) is 1.26. The highest BCUT2D eigenvalue weighted by atomic mass is 32.2. The van der Waals surface area contributed by atoms with Crippen molar-refractivity contribution in [1.29, 1.82) is 0 Å². The van der Waals surface area contributed by atoms with Gasteiger partial charge in [-0.3, -0.25) is 4.68 Å². The Morgan fingerprint density at radius 1 is 1.43 bits per heavy atom. The number of benzene rings is 1. The van der Waals surface area contributed by atoms with Crippen LogP contribution in [0.1, 0.15) is 18.7 Å². The van der Waals surface area contributed by atoms with Crippen molar-refractivity contribution in [2.75, 3.05) is 19.9 Å². The zero-order chi connectivity index (χ0) is 15.2. The maximum absolute atomic E-state index is 13.7. The molecule has 2 rings (SSSR count). The lowest BCUT2D eigenvalue weighted by molar-refractivity contribution is 0.399. The lowest BCUT2D eigenvalue weighted by atomic mass is 10.2. The van der Waals surface area contributed by atoms with Crippen LogP contribution in [-0.2, 0) is 6.54 Å². The van der Waals surface area contributed by atoms with Crippen LogP contribution in [-0.4, -0.2) is 29.7 Å². The molecule has 4 nitrogen and oxygen atoms in total. The second kappa shape index (κ2) is 7.47. The second-order valence-electron chi connectivity index (χ2n) is 4.50. The van der Waals surface area contributed by atoms with Crippen molar-refractivity contribution >= 4 is 11.8 Å². The highest BCUT2D eigenvalue weighted by molar-refractivity contribution is 7.99. The molecule has 1 N–H and O–H groups in total. The normalized spacial score (nSPS) is 12.4. The number of nitrogens with one attached hydrogen (secondary N) is 1. The van der Waals surface area contributed by atoms with E-state index in [2.05, 4.69) is 10.4 Å². The first-order valence-electron chi connectivity index (χ1n) is 6.85. The molecule has 0 radical (unpaired) electrons. The fourth-order valence-corrected chi connectivity index (χ4v) is 3.22. The van der Waals surface area contributed by atoms with E-state index < -0.39 is 0 Å². The molecule has 0 aliphatic carbocycles. The molecule has 1 aromatic carbocycles. The number of aryl methyl sites for hydroxylation is 1. The molecule has 6 heteroatoms. The van der Waals surface area contributed by atoms with Gasteiger partial charge in [-0.25, -0.2) is 4.39 Å². The molecule has 114 valence electrons. The molecule has 1 aromatic heterocycles. The third-order valence-electron chi connectivity index (χ3n) is 3.29. The Labute approximate surface area is 128 Å². The summed E-state index contributed by atoms with van der Waals surface area (Å²) in [6, 6.07) is 6.85. The van der Waals surface area contributed by atoms with Crippen LogP contribution in [0.15, 0.2) is 35.4 Å². The molecule has 0 aliphatic rings. The lowest BCUT2D eigenvalue weighted by Gasteiger charge is -2.18. The van der Waals surface area contributed by atoms with E-state index in [0.717, 1.165) is 18.0 Å². The van der Waals surface area contributed by atoms with Gasteiger partial charge in [-0.05, 0) is 26.1 Å². The van der Waals surface area contributed by atoms with Crippen molar-refractivity contribution in [3.63, 3.8) is 0 Å². The summed E-state index contributed by atoms with van der Waals surface area (Å²) in [6.07, 6.45) is 1.72. The largest absolute Gasteiger partial charge is 0.493 e. The summed E-state index contributed by atoms with van der Waals surface area (Å²) >= 11 is 1.48. The topological polar surface area (TPSA) is 39.1 Å². The molecule has 1 atom stereocenters. The molecule has 0 fully saturated rings. The molecule has 0 saturated heterocycles. The highest BCUT2D eigenvalue weighted by Gasteiger charge is 2.20. The molecule has 1 heterocycles. The SMILES string of the molecule is CCn1ncc(OC)c1C(CSc1ccccc1F)NC. The highest BCUT2D eigenvalue weighted by Crippen LogP contribution is 2.30. The number of thioether (sulfide) groups is 1. The van der Waals surface area contributed by atoms with Gasteiger partial charge in [-0.1, -0.05) is 12.1 Å². The zero-order valence-corrected chi connectivity index (χ0v) is 13.3. The smallest absolute Gasteiger partial charge is 0.161 e. The molecule has 1 unspecified atom stereocenters. The first-order chi connectivity index (χ1) is 10.2. The van der Waals surface area contributed by atoms with Crippen molar-refractivity contribution in [3.05, 3.63) is 42.0 Å². The number of hydrogen-bond donors (Lipinski definition) is 1. The monoisotopic (exact) mass is 309 g/mol. The van der Waals surface area contributed by atoms with E-state index in [4.69, 9.17) is 4.74 Å². The van der Waals surface area contributed by atoms with Crippen molar-refractivity contribution in [2.24, 2.45) is 0 Å². The van der Waals surface area contributed by atoms with Crippen LogP contribution >= 0.6 is 11.8 Å². The number of methoxy groups -OCH3 is 1. The molecule has 0 saturated carbocycles. The first-order valence-corrected chi connectivity index (χ1v) is 7.84. The fourth-order valence-electron chi connectivity index (χ4n) is 2.17. The van der Waals surface area contributed by atoms with Gasteiger partial charge in [0.2, 0.25) is 0 Å². The number of ether oxygens (including phenoxy) is 1. The quantitative estimate of drug-likeness (QED) is 0.798. The maximum atomic E-state index is 13.7. The number of aromatic nitrogens is 2. The van der Waals surface area contributed by atoms with Gasteiger partial charge in [0.05, 0.1) is 25.0 Å². The Hall–Kier alpha value is -1.53. The lowest BCUT2D eigenvalue weighted by Crippen LogP contribution is -2.23. The Kier molecular flexibility index (Phi) is 5.64. The van der Waals surface area contributed by atoms with E-state index >= 15 is 0 Å². The summed E-state index contributed by atoms with van der Waals surface area (Å²) in [4.78, 5) is 0.652. The summed E-state index contributed by atoms with van der Waals surface area (Å²) in [5, 5.41) is 7.57. The Balaban J connectivity index is 2.17. The molecular weight excluding hydrogens is 289 g/mol. The van der Waals surface area contributed by atoms with E-state index in [1.54, 1.807) is 25.4 Å². The molecule has 21 heavy (non-hydrogen) atoms. The van der Waals surface area contributed by atoms with Gasteiger partial charge < -0.3 is 10.1 Å². The molecule has 2 aromatic rings. The molecule has 0 amide bonds. The maximum Gasteiger partial charge on any atom is 0.161 e. The standard InChI is InChI=1S/C15H20FN3OS/c1-4-19-15(13(20-3)9-18-19)12(17-2)10-21-14-8-6-5-7-11(14)16/h5-9,12,17H,4,10H2,1-3H3. The molecule has 0 spiro atoms. The molecule has 0 bridgehead atoms. The van der Waals surface area contributed by atoms with E-state index in [1.165, 1.54) is 17.8 Å². The van der Waals surface area contributed by atoms with Crippen molar-refractivity contribution in [3.8, 4) is 5.75 Å². The third-order valence-corrected chi connectivity index (χ3v) is 4.43. The summed E-state index contributed by atoms with van der Waals surface area (Å²) in [5.41, 5.74) is 0.992. The van der Waals surface area contributed by atoms with E-state index in [-0.39, 0.29) is 11.9 Å². The third kappa shape index (κ3) is 3.57. The van der Waals surface area contributed by atoms with Gasteiger partial charge >= 0.3 is 0 Å². The van der Waals surface area contributed by atoms with Crippen LogP contribution in [0.4, 0.5) is 4.39 Å². The van der Waals surface area contributed by atoms with Gasteiger partial charge in [0, 0.05) is 17.2 Å². The summed E-state index contributed by atoms with van der Waals surface area (Å²) < 4.78 is 21.0. The van der Waals surface area contributed by atoms with E-state index in [1.807, 2.05) is 24.7 Å². The first kappa shape index (κ1) is 15.9. The van der Waals surface area contributed by atoms with E-state index in [9.17, 15) is 4.39 Å². The number of hydrogen-bond acceptors (Lipinski definition) is 4. The van der Waals surface area contributed by atoms with E-state index in [0.29, 0.717) is 10.6 Å². The van der Waals surface area contributed by atoms with Gasteiger partial charge in [0.25, 0.3) is 0 Å². The fraction of sp³-hybridized carbons (Fsp3) is 0.400. The van der Waals surface area contributed by atoms with Gasteiger partial charge in [0.15, 0.2) is 5.75 Å². The average molecular weight is 309 g/mol. The van der Waals surface area contributed by atoms with Crippen LogP contribution in [0.5, 0.6) is 5.75 Å². The number of halogens is 1. The number of rotatable bonds is 7. The molecular formula is C15H20FN3OS. The Morgan fingerprint density at radius 3 is 2.81 bits per heavy atom. The predicted octanol–water partition coefficient (Wildman–Crippen LogP) is 3.10. The summed E-state index contributed by atoms with van der Waals surface area (Å²) in [7, 11) is 3.52. The number of nitrogens with zero attached hydrogens (tertiary/aromatic N) is 2. The van der Waals surface area contributed by atoms with Crippen molar-refractivity contribution in [2.45, 2.75) is 24.4 Å². The zero-order valence-electron chi connectivity index (χ0n) is 12.5. The van der Waals surface area contributed by atoms with Crippen molar-refractivity contribution < 1.29 is 9.13 Å². The van der Waals surface area contributed by atoms with Crippen LogP contribution in [0.25, 0.3) is 0 Å². The van der Waals surface area contributed by atoms with Gasteiger partial charge in [-0.15, -0.1) is 11.8 Å². The van der Waals surface area contributed by atoms with Crippen LogP contribution in [0.2, 0.25) is 0 Å². The van der Waals surface area contributed by atoms with Crippen LogP contribution in [0, 0.1) is 5.82 Å². The van der Waals surface area contributed by atoms with Gasteiger partial charge in [-0.2, -0.15) is 5.10 Å². The Morgan fingerprint density at radius 2 is 2.19 bits per heavy atom. The Bertz CT molecular complexity index is 567. The summed E-state index contributed by atoms with van der Waals surface area (Å²) in [6.45, 7) is 2.80. The van der Waals surface area contributed by atoms with Crippen LogP contribution in [0.3, 0.4) is 0 Å². The molecule has 0 aliphatic heterocycles. The van der Waals surface area contributed by atoms with Crippen LogP contribution < -0.4 is 10.1 Å².